The highest BCUT2D eigenvalue weighted by Crippen LogP contribution is 2.07. The molecule has 0 aromatic carbocycles. The molecule has 0 aliphatic carbocycles. The number of rotatable bonds is 4. The fourth-order valence-electron chi connectivity index (χ4n) is 0.429. The maximum Gasteiger partial charge on any atom is 0.0839 e. The fourth-order valence-corrected chi connectivity index (χ4v) is 1.34. The van der Waals surface area contributed by atoms with Gasteiger partial charge in [0.05, 0.1) is 10.5 Å². The van der Waals surface area contributed by atoms with Gasteiger partial charge >= 0.3 is 0 Å². The monoisotopic (exact) mass is 224 g/mol. The third kappa shape index (κ3) is 3.22. The van der Waals surface area contributed by atoms with Crippen LogP contribution in [0.5, 0.6) is 0 Å². The zero-order chi connectivity index (χ0) is 7.98. The van der Waals surface area contributed by atoms with Gasteiger partial charge in [-0.2, -0.15) is 0 Å². The Labute approximate surface area is 74.3 Å². The Balaban J connectivity index is 4.12. The number of nitrogens with one attached hydrogen (secondary N) is 2. The van der Waals surface area contributed by atoms with E-state index in [0.717, 1.165) is 16.7 Å². The second-order valence-corrected chi connectivity index (χ2v) is 2.71. The summed E-state index contributed by atoms with van der Waals surface area (Å²) in [6.07, 6.45) is 1.24. The minimum Gasteiger partial charge on any atom is -0.379 e. The van der Waals surface area contributed by atoms with Crippen molar-refractivity contribution in [1.82, 2.24) is 5.32 Å². The van der Waals surface area contributed by atoms with Crippen molar-refractivity contribution < 1.29 is 0 Å². The maximum absolute atomic E-state index is 6.93. The number of alkyl halides is 1. The van der Waals surface area contributed by atoms with E-state index in [0.29, 0.717) is 5.88 Å². The summed E-state index contributed by atoms with van der Waals surface area (Å²) in [6.45, 7) is 2.81. The zero-order valence-electron chi connectivity index (χ0n) is 5.75. The van der Waals surface area contributed by atoms with E-state index >= 15 is 0 Å². The summed E-state index contributed by atoms with van der Waals surface area (Å²) < 4.78 is 0.806. The Kier molecular flexibility index (Phi) is 5.73. The molecule has 0 saturated carbocycles. The average molecular weight is 226 g/mol. The molecule has 0 aromatic rings. The SMILES string of the molecule is CCN/C(Br)=C(\C=N)CCl. The van der Waals surface area contributed by atoms with Gasteiger partial charge in [-0.25, -0.2) is 0 Å². The zero-order valence-corrected chi connectivity index (χ0v) is 8.09. The van der Waals surface area contributed by atoms with Crippen LogP contribution < -0.4 is 5.32 Å². The summed E-state index contributed by atoms with van der Waals surface area (Å²) in [5, 5.41) is 9.94. The van der Waals surface area contributed by atoms with Gasteiger partial charge in [0.1, 0.15) is 0 Å². The molecule has 0 radical (unpaired) electrons. The standard InChI is InChI=1S/C6H10BrClN2/c1-2-10-6(7)5(3-8)4-9/h4,9-10H,2-3H2,1H3/b6-5-,9-4?. The molecule has 0 saturated heterocycles. The van der Waals surface area contributed by atoms with Crippen LogP contribution in [-0.2, 0) is 0 Å². The van der Waals surface area contributed by atoms with Gasteiger partial charge in [0.15, 0.2) is 0 Å². The minimum absolute atomic E-state index is 0.358. The van der Waals surface area contributed by atoms with Crippen molar-refractivity contribution in [2.75, 3.05) is 12.4 Å². The summed E-state index contributed by atoms with van der Waals surface area (Å²) in [4.78, 5) is 0. The van der Waals surface area contributed by atoms with E-state index in [1.165, 1.54) is 6.21 Å². The molecule has 0 aliphatic rings. The van der Waals surface area contributed by atoms with Crippen molar-refractivity contribution in [1.29, 1.82) is 5.41 Å². The predicted octanol–water partition coefficient (Wildman–Crippen LogP) is 2.09. The molecule has 0 atom stereocenters. The van der Waals surface area contributed by atoms with Gasteiger partial charge in [0.25, 0.3) is 0 Å². The smallest absolute Gasteiger partial charge is 0.0839 e. The highest BCUT2D eigenvalue weighted by molar-refractivity contribution is 9.11. The van der Waals surface area contributed by atoms with E-state index in [1.54, 1.807) is 0 Å². The van der Waals surface area contributed by atoms with Crippen LogP contribution in [0.3, 0.4) is 0 Å². The highest BCUT2D eigenvalue weighted by Gasteiger charge is 1.96. The first kappa shape index (κ1) is 9.98. The first-order chi connectivity index (χ1) is 4.76. The quantitative estimate of drug-likeness (QED) is 0.429. The maximum atomic E-state index is 6.93. The summed E-state index contributed by atoms with van der Waals surface area (Å²) >= 11 is 8.78. The second kappa shape index (κ2) is 5.74. The Morgan fingerprint density at radius 3 is 2.70 bits per heavy atom. The molecule has 0 aliphatic heterocycles. The van der Waals surface area contributed by atoms with E-state index in [-0.39, 0.29) is 0 Å². The molecule has 0 heterocycles. The van der Waals surface area contributed by atoms with Crippen molar-refractivity contribution in [2.24, 2.45) is 0 Å². The van der Waals surface area contributed by atoms with Crippen LogP contribution in [0.1, 0.15) is 6.92 Å². The Morgan fingerprint density at radius 2 is 2.40 bits per heavy atom. The van der Waals surface area contributed by atoms with Crippen LogP contribution >= 0.6 is 27.5 Å². The molecule has 4 heteroatoms. The van der Waals surface area contributed by atoms with Gasteiger partial charge in [-0.05, 0) is 22.9 Å². The molecule has 2 N–H and O–H groups in total. The lowest BCUT2D eigenvalue weighted by atomic mass is 10.3. The van der Waals surface area contributed by atoms with E-state index in [9.17, 15) is 0 Å². The topological polar surface area (TPSA) is 35.9 Å². The normalized spacial score (nSPS) is 12.3. The molecule has 2 nitrogen and oxygen atoms in total. The van der Waals surface area contributed by atoms with Gasteiger partial charge in [0.2, 0.25) is 0 Å². The van der Waals surface area contributed by atoms with Crippen molar-refractivity contribution >= 4 is 33.7 Å². The summed E-state index contributed by atoms with van der Waals surface area (Å²) in [6, 6.07) is 0. The van der Waals surface area contributed by atoms with Crippen LogP contribution in [-0.4, -0.2) is 18.6 Å². The van der Waals surface area contributed by atoms with Gasteiger partial charge in [-0.15, -0.1) is 11.6 Å². The van der Waals surface area contributed by atoms with Crippen LogP contribution in [0.4, 0.5) is 0 Å². The van der Waals surface area contributed by atoms with Crippen LogP contribution in [0, 0.1) is 5.41 Å². The molecule has 0 rings (SSSR count). The minimum atomic E-state index is 0.358. The lowest BCUT2D eigenvalue weighted by Gasteiger charge is -2.03. The van der Waals surface area contributed by atoms with Crippen molar-refractivity contribution in [3.8, 4) is 0 Å². The molecule has 0 bridgehead atoms. The van der Waals surface area contributed by atoms with E-state index in [1.807, 2.05) is 6.92 Å². The van der Waals surface area contributed by atoms with Crippen molar-refractivity contribution in [3.05, 3.63) is 10.2 Å². The molecule has 0 fully saturated rings. The molecular formula is C6H10BrClN2. The second-order valence-electron chi connectivity index (χ2n) is 1.65. The summed E-state index contributed by atoms with van der Waals surface area (Å²) in [5.74, 6) is 0.358. The van der Waals surface area contributed by atoms with Gasteiger partial charge in [0, 0.05) is 18.3 Å². The molecule has 58 valence electrons. The number of hydrogen-bond donors (Lipinski definition) is 2. The highest BCUT2D eigenvalue weighted by atomic mass is 79.9. The van der Waals surface area contributed by atoms with Crippen LogP contribution in [0.2, 0.25) is 0 Å². The van der Waals surface area contributed by atoms with Gasteiger partial charge in [-0.3, -0.25) is 0 Å². The number of allylic oxidation sites excluding steroid dienone is 1. The molecule has 0 spiro atoms. The third-order valence-corrected chi connectivity index (χ3v) is 2.01. The lowest BCUT2D eigenvalue weighted by Crippen LogP contribution is -2.10. The van der Waals surface area contributed by atoms with Crippen LogP contribution in [0.25, 0.3) is 0 Å². The molecule has 0 aromatic heterocycles. The first-order valence-corrected chi connectivity index (χ1v) is 4.28. The average Bonchev–Trinajstić information content (AvgIpc) is 1.91. The molecule has 0 amide bonds. The number of hydrogen-bond acceptors (Lipinski definition) is 2. The third-order valence-electron chi connectivity index (χ3n) is 0.932. The van der Waals surface area contributed by atoms with Crippen molar-refractivity contribution in [2.45, 2.75) is 6.92 Å². The van der Waals surface area contributed by atoms with Crippen molar-refractivity contribution in [3.63, 3.8) is 0 Å². The Hall–Kier alpha value is -0.0200. The molecular weight excluding hydrogens is 215 g/mol. The predicted molar refractivity (Wildman–Crippen MR) is 49.1 cm³/mol. The molecule has 10 heavy (non-hydrogen) atoms. The Morgan fingerprint density at radius 1 is 1.80 bits per heavy atom. The number of halogens is 2. The largest absolute Gasteiger partial charge is 0.379 e. The fraction of sp³-hybridized carbons (Fsp3) is 0.500. The van der Waals surface area contributed by atoms with E-state index < -0.39 is 0 Å². The van der Waals surface area contributed by atoms with Gasteiger partial charge in [-0.1, -0.05) is 0 Å². The van der Waals surface area contributed by atoms with Gasteiger partial charge < -0.3 is 10.7 Å². The van der Waals surface area contributed by atoms with Crippen LogP contribution in [0.15, 0.2) is 10.2 Å². The summed E-state index contributed by atoms with van der Waals surface area (Å²) in [7, 11) is 0. The lowest BCUT2D eigenvalue weighted by molar-refractivity contribution is 0.903. The Bertz CT molecular complexity index is 145. The van der Waals surface area contributed by atoms with E-state index in [2.05, 4.69) is 21.2 Å². The first-order valence-electron chi connectivity index (χ1n) is 2.95. The van der Waals surface area contributed by atoms with E-state index in [4.69, 9.17) is 17.0 Å². The summed E-state index contributed by atoms with van der Waals surface area (Å²) in [5.41, 5.74) is 0.767. The molecule has 0 unspecified atom stereocenters.